The first-order valence-electron chi connectivity index (χ1n) is 11.3. The molecule has 2 heterocycles. The molecule has 0 fully saturated rings. The lowest BCUT2D eigenvalue weighted by Crippen LogP contribution is -2.38. The second kappa shape index (κ2) is 9.02. The molecule has 0 spiro atoms. The van der Waals surface area contributed by atoms with E-state index in [1.807, 2.05) is 35.2 Å². The number of fused-ring (bicyclic) bond motifs is 1. The molecule has 0 saturated carbocycles. The van der Waals surface area contributed by atoms with Crippen LogP contribution in [0.25, 0.3) is 0 Å². The highest BCUT2D eigenvalue weighted by molar-refractivity contribution is 6.02. The molecule has 2 aromatic carbocycles. The number of nitrogens with zero attached hydrogens (tertiary/aromatic N) is 1. The van der Waals surface area contributed by atoms with Crippen LogP contribution in [0.15, 0.2) is 82.6 Å². The Kier molecular flexibility index (Phi) is 5.76. The summed E-state index contributed by atoms with van der Waals surface area (Å²) in [6.45, 7) is 1.47. The van der Waals surface area contributed by atoms with Crippen LogP contribution in [0.1, 0.15) is 48.3 Å². The molecule has 172 valence electrons. The zero-order valence-electron chi connectivity index (χ0n) is 18.8. The number of para-hydroxylation sites is 2. The number of hydrogen-bond acceptors (Lipinski definition) is 6. The zero-order chi connectivity index (χ0) is 23.7. The SMILES string of the molecule is CC(=O)c1cccc(NC(=O)CN2c3ccccc3NC3=C(C(=O)CCC3)[C@@H]2c2ccco2)c1. The Labute approximate surface area is 197 Å². The molecule has 3 aromatic rings. The van der Waals surface area contributed by atoms with Gasteiger partial charge in [0.05, 0.1) is 24.2 Å². The van der Waals surface area contributed by atoms with Gasteiger partial charge in [0.1, 0.15) is 11.8 Å². The molecule has 0 saturated heterocycles. The Hall–Kier alpha value is -4.13. The molecule has 7 heteroatoms. The highest BCUT2D eigenvalue weighted by Gasteiger charge is 2.38. The van der Waals surface area contributed by atoms with E-state index in [1.54, 1.807) is 36.6 Å². The number of allylic oxidation sites excluding steroid dienone is 1. The van der Waals surface area contributed by atoms with Crippen molar-refractivity contribution >= 4 is 34.5 Å². The molecule has 1 aliphatic carbocycles. The van der Waals surface area contributed by atoms with Crippen molar-refractivity contribution in [2.24, 2.45) is 0 Å². The third-order valence-corrected chi connectivity index (χ3v) is 6.22. The summed E-state index contributed by atoms with van der Waals surface area (Å²) in [6, 6.07) is 17.7. The van der Waals surface area contributed by atoms with Gasteiger partial charge in [0, 0.05) is 28.9 Å². The van der Waals surface area contributed by atoms with Crippen LogP contribution >= 0.6 is 0 Å². The number of carbonyl (C=O) groups excluding carboxylic acids is 3. The Morgan fingerprint density at radius 2 is 1.94 bits per heavy atom. The molecule has 2 N–H and O–H groups in total. The maximum atomic E-state index is 13.3. The van der Waals surface area contributed by atoms with Crippen molar-refractivity contribution < 1.29 is 18.8 Å². The predicted octanol–water partition coefficient (Wildman–Crippen LogP) is 5.10. The van der Waals surface area contributed by atoms with E-state index in [0.29, 0.717) is 29.0 Å². The molecule has 0 bridgehead atoms. The second-order valence-electron chi connectivity index (χ2n) is 8.54. The number of amides is 1. The molecule has 0 unspecified atom stereocenters. The normalized spacial score (nSPS) is 17.4. The maximum Gasteiger partial charge on any atom is 0.243 e. The third kappa shape index (κ3) is 4.12. The van der Waals surface area contributed by atoms with Crippen molar-refractivity contribution in [3.8, 4) is 0 Å². The van der Waals surface area contributed by atoms with Crippen molar-refractivity contribution in [2.45, 2.75) is 32.2 Å². The smallest absolute Gasteiger partial charge is 0.243 e. The minimum Gasteiger partial charge on any atom is -0.467 e. The lowest BCUT2D eigenvalue weighted by Gasteiger charge is -2.33. The van der Waals surface area contributed by atoms with E-state index in [1.165, 1.54) is 6.92 Å². The molecule has 2 aliphatic rings. The van der Waals surface area contributed by atoms with Gasteiger partial charge in [-0.25, -0.2) is 0 Å². The average Bonchev–Trinajstić information content (AvgIpc) is 3.31. The number of benzene rings is 2. The highest BCUT2D eigenvalue weighted by Crippen LogP contribution is 2.44. The van der Waals surface area contributed by atoms with Crippen LogP contribution in [-0.4, -0.2) is 24.0 Å². The van der Waals surface area contributed by atoms with Gasteiger partial charge >= 0.3 is 0 Å². The minimum absolute atomic E-state index is 0.0155. The van der Waals surface area contributed by atoms with Crippen LogP contribution in [0.3, 0.4) is 0 Å². The first kappa shape index (κ1) is 21.7. The van der Waals surface area contributed by atoms with Gasteiger partial charge in [0.15, 0.2) is 11.6 Å². The summed E-state index contributed by atoms with van der Waals surface area (Å²) in [7, 11) is 0. The first-order valence-corrected chi connectivity index (χ1v) is 11.3. The van der Waals surface area contributed by atoms with Crippen molar-refractivity contribution in [3.63, 3.8) is 0 Å². The predicted molar refractivity (Wildman–Crippen MR) is 130 cm³/mol. The topological polar surface area (TPSA) is 91.7 Å². The lowest BCUT2D eigenvalue weighted by molar-refractivity contribution is -0.117. The fourth-order valence-corrected chi connectivity index (χ4v) is 4.69. The fourth-order valence-electron chi connectivity index (χ4n) is 4.69. The average molecular weight is 456 g/mol. The maximum absolute atomic E-state index is 13.3. The van der Waals surface area contributed by atoms with E-state index in [0.717, 1.165) is 29.9 Å². The van der Waals surface area contributed by atoms with E-state index in [4.69, 9.17) is 4.42 Å². The van der Waals surface area contributed by atoms with Crippen molar-refractivity contribution in [1.82, 2.24) is 0 Å². The van der Waals surface area contributed by atoms with Gasteiger partial charge in [-0.3, -0.25) is 14.4 Å². The Balaban J connectivity index is 1.55. The summed E-state index contributed by atoms with van der Waals surface area (Å²) in [5.74, 6) is 0.325. The number of furan rings is 1. The van der Waals surface area contributed by atoms with Gasteiger partial charge in [0.2, 0.25) is 5.91 Å². The molecule has 34 heavy (non-hydrogen) atoms. The molecule has 1 aromatic heterocycles. The van der Waals surface area contributed by atoms with E-state index in [-0.39, 0.29) is 24.0 Å². The van der Waals surface area contributed by atoms with Gasteiger partial charge in [-0.2, -0.15) is 0 Å². The monoisotopic (exact) mass is 455 g/mol. The third-order valence-electron chi connectivity index (χ3n) is 6.22. The van der Waals surface area contributed by atoms with Crippen molar-refractivity contribution in [3.05, 3.63) is 89.5 Å². The Morgan fingerprint density at radius 3 is 2.74 bits per heavy atom. The quantitative estimate of drug-likeness (QED) is 0.520. The van der Waals surface area contributed by atoms with Crippen molar-refractivity contribution in [1.29, 1.82) is 0 Å². The summed E-state index contributed by atoms with van der Waals surface area (Å²) in [6.07, 6.45) is 3.58. The van der Waals surface area contributed by atoms with Crippen LogP contribution in [0.4, 0.5) is 17.1 Å². The van der Waals surface area contributed by atoms with Gasteiger partial charge < -0.3 is 20.0 Å². The number of Topliss-reactive ketones (excluding diaryl/α,β-unsaturated/α-hetero) is 2. The standard InChI is InChI=1S/C27H25N3O4/c1-17(31)18-7-4-8-19(15-18)28-25(33)16-30-22-11-3-2-9-20(22)29-21-10-5-12-23(32)26(21)27(30)24-13-6-14-34-24/h2-4,6-9,11,13-15,27,29H,5,10,12,16H2,1H3,(H,28,33)/t27-/m0/s1. The minimum atomic E-state index is -0.539. The number of rotatable bonds is 5. The fraction of sp³-hybridized carbons (Fsp3) is 0.222. The Morgan fingerprint density at radius 1 is 1.09 bits per heavy atom. The molecule has 5 rings (SSSR count). The van der Waals surface area contributed by atoms with E-state index in [2.05, 4.69) is 10.6 Å². The highest BCUT2D eigenvalue weighted by atomic mass is 16.3. The second-order valence-corrected chi connectivity index (χ2v) is 8.54. The van der Waals surface area contributed by atoms with Gasteiger partial charge in [0.25, 0.3) is 0 Å². The molecule has 1 aliphatic heterocycles. The van der Waals surface area contributed by atoms with Crippen LogP contribution < -0.4 is 15.5 Å². The lowest BCUT2D eigenvalue weighted by atomic mass is 9.88. The number of nitrogens with one attached hydrogen (secondary N) is 2. The van der Waals surface area contributed by atoms with E-state index in [9.17, 15) is 14.4 Å². The van der Waals surface area contributed by atoms with Crippen LogP contribution in [-0.2, 0) is 9.59 Å². The zero-order valence-corrected chi connectivity index (χ0v) is 18.8. The summed E-state index contributed by atoms with van der Waals surface area (Å²) in [5.41, 5.74) is 4.23. The first-order chi connectivity index (χ1) is 16.5. The summed E-state index contributed by atoms with van der Waals surface area (Å²) in [5, 5.41) is 6.36. The summed E-state index contributed by atoms with van der Waals surface area (Å²) >= 11 is 0. The molecule has 0 radical (unpaired) electrons. The molecule has 1 atom stereocenters. The van der Waals surface area contributed by atoms with Crippen LogP contribution in [0, 0.1) is 0 Å². The van der Waals surface area contributed by atoms with Gasteiger partial charge in [-0.15, -0.1) is 0 Å². The molecular formula is C27H25N3O4. The largest absolute Gasteiger partial charge is 0.467 e. The number of hydrogen-bond donors (Lipinski definition) is 2. The number of carbonyl (C=O) groups is 3. The molecular weight excluding hydrogens is 430 g/mol. The number of anilines is 3. The molecule has 1 amide bonds. The van der Waals surface area contributed by atoms with Gasteiger partial charge in [-0.1, -0.05) is 24.3 Å². The molecule has 7 nitrogen and oxygen atoms in total. The number of ketones is 2. The van der Waals surface area contributed by atoms with Gasteiger partial charge in [-0.05, 0) is 56.2 Å². The van der Waals surface area contributed by atoms with Crippen LogP contribution in [0.2, 0.25) is 0 Å². The summed E-state index contributed by atoms with van der Waals surface area (Å²) in [4.78, 5) is 40.1. The Bertz CT molecular complexity index is 1290. The van der Waals surface area contributed by atoms with E-state index < -0.39 is 6.04 Å². The van der Waals surface area contributed by atoms with Crippen LogP contribution in [0.5, 0.6) is 0 Å². The van der Waals surface area contributed by atoms with Crippen molar-refractivity contribution in [2.75, 3.05) is 22.1 Å². The summed E-state index contributed by atoms with van der Waals surface area (Å²) < 4.78 is 5.79. The van der Waals surface area contributed by atoms with E-state index >= 15 is 0 Å².